The number of hydrogen-bond acceptors (Lipinski definition) is 4. The number of morpholine rings is 1. The van der Waals surface area contributed by atoms with Crippen molar-refractivity contribution in [1.29, 1.82) is 0 Å². The first kappa shape index (κ1) is 23.4. The first-order chi connectivity index (χ1) is 14.9. The van der Waals surface area contributed by atoms with E-state index in [1.54, 1.807) is 0 Å². The zero-order chi connectivity index (χ0) is 22.4. The molecule has 0 aliphatic carbocycles. The van der Waals surface area contributed by atoms with E-state index in [9.17, 15) is 9.59 Å². The van der Waals surface area contributed by atoms with Crippen LogP contribution in [-0.4, -0.2) is 61.3 Å². The molecule has 2 fully saturated rings. The van der Waals surface area contributed by atoms with Crippen molar-refractivity contribution in [3.05, 3.63) is 24.3 Å². The molecule has 2 aliphatic rings. The Labute approximate surface area is 186 Å². The van der Waals surface area contributed by atoms with E-state index in [0.29, 0.717) is 13.1 Å². The molecule has 172 valence electrons. The van der Waals surface area contributed by atoms with Crippen molar-refractivity contribution < 1.29 is 14.3 Å². The molecule has 0 bridgehead atoms. The molecule has 2 N–H and O–H groups in total. The number of piperidine rings is 1. The SMILES string of the molecule is CCC(CC)C(=O)N1CCC(NC(=O)Nc2ccccc2N2CC(C)OC(C)C2)CC1. The van der Waals surface area contributed by atoms with Gasteiger partial charge in [0.1, 0.15) is 0 Å². The van der Waals surface area contributed by atoms with E-state index in [1.807, 2.05) is 29.2 Å². The number of carbonyl (C=O) groups is 2. The summed E-state index contributed by atoms with van der Waals surface area (Å²) in [5, 5.41) is 6.14. The molecule has 1 aromatic carbocycles. The molecule has 2 aliphatic heterocycles. The average Bonchev–Trinajstić information content (AvgIpc) is 2.74. The molecule has 0 saturated carbocycles. The number of nitrogens with one attached hydrogen (secondary N) is 2. The Morgan fingerprint density at radius 1 is 1.06 bits per heavy atom. The second-order valence-corrected chi connectivity index (χ2v) is 8.89. The zero-order valence-corrected chi connectivity index (χ0v) is 19.4. The fourth-order valence-electron chi connectivity index (χ4n) is 4.71. The predicted octanol–water partition coefficient (Wildman–Crippen LogP) is 3.85. The van der Waals surface area contributed by atoms with Crippen molar-refractivity contribution in [3.8, 4) is 0 Å². The second-order valence-electron chi connectivity index (χ2n) is 8.89. The minimum Gasteiger partial charge on any atom is -0.372 e. The Hall–Kier alpha value is -2.28. The van der Waals surface area contributed by atoms with E-state index in [1.165, 1.54) is 0 Å². The van der Waals surface area contributed by atoms with Crippen LogP contribution in [0.5, 0.6) is 0 Å². The van der Waals surface area contributed by atoms with Crippen molar-refractivity contribution in [2.75, 3.05) is 36.4 Å². The molecule has 0 aromatic heterocycles. The van der Waals surface area contributed by atoms with Gasteiger partial charge in [-0.05, 0) is 51.7 Å². The van der Waals surface area contributed by atoms with Crippen LogP contribution in [0.4, 0.5) is 16.2 Å². The van der Waals surface area contributed by atoms with E-state index in [0.717, 1.165) is 50.1 Å². The molecular formula is C24H38N4O3. The Bertz CT molecular complexity index is 734. The largest absolute Gasteiger partial charge is 0.372 e. The maximum atomic E-state index is 12.7. The number of amides is 3. The summed E-state index contributed by atoms with van der Waals surface area (Å²) in [4.78, 5) is 29.5. The third-order valence-corrected chi connectivity index (χ3v) is 6.39. The van der Waals surface area contributed by atoms with Gasteiger partial charge >= 0.3 is 6.03 Å². The van der Waals surface area contributed by atoms with Crippen molar-refractivity contribution in [1.82, 2.24) is 10.2 Å². The molecular weight excluding hydrogens is 392 g/mol. The molecule has 7 nitrogen and oxygen atoms in total. The zero-order valence-electron chi connectivity index (χ0n) is 19.4. The Morgan fingerprint density at radius 2 is 1.68 bits per heavy atom. The highest BCUT2D eigenvalue weighted by atomic mass is 16.5. The van der Waals surface area contributed by atoms with Crippen LogP contribution in [0.3, 0.4) is 0 Å². The van der Waals surface area contributed by atoms with E-state index >= 15 is 0 Å². The molecule has 2 saturated heterocycles. The van der Waals surface area contributed by atoms with Crippen LogP contribution in [0.25, 0.3) is 0 Å². The van der Waals surface area contributed by atoms with Gasteiger partial charge in [0.15, 0.2) is 0 Å². The molecule has 0 spiro atoms. The minimum absolute atomic E-state index is 0.0846. The molecule has 3 rings (SSSR count). The monoisotopic (exact) mass is 430 g/mol. The Morgan fingerprint density at radius 3 is 2.29 bits per heavy atom. The number of anilines is 2. The van der Waals surface area contributed by atoms with Crippen molar-refractivity contribution in [2.45, 2.75) is 71.6 Å². The number of nitrogens with zero attached hydrogens (tertiary/aromatic N) is 2. The standard InChI is InChI=1S/C24H38N4O3/c1-5-19(6-2)23(29)27-13-11-20(12-14-27)25-24(30)26-21-9-7-8-10-22(21)28-15-17(3)31-18(4)16-28/h7-10,17-20H,5-6,11-16H2,1-4H3,(H2,25,26,30). The summed E-state index contributed by atoms with van der Waals surface area (Å²) < 4.78 is 5.84. The lowest BCUT2D eigenvalue weighted by molar-refractivity contribution is -0.136. The lowest BCUT2D eigenvalue weighted by atomic mass is 9.98. The summed E-state index contributed by atoms with van der Waals surface area (Å²) >= 11 is 0. The third-order valence-electron chi connectivity index (χ3n) is 6.39. The van der Waals surface area contributed by atoms with Crippen LogP contribution in [0.15, 0.2) is 24.3 Å². The molecule has 2 atom stereocenters. The van der Waals surface area contributed by atoms with E-state index in [2.05, 4.69) is 43.2 Å². The average molecular weight is 431 g/mol. The number of likely N-dealkylation sites (tertiary alicyclic amines) is 1. The summed E-state index contributed by atoms with van der Waals surface area (Å²) in [5.74, 6) is 0.380. The number of ether oxygens (including phenoxy) is 1. The van der Waals surface area contributed by atoms with Gasteiger partial charge in [-0.25, -0.2) is 4.79 Å². The molecule has 2 unspecified atom stereocenters. The normalized spacial score (nSPS) is 22.5. The van der Waals surface area contributed by atoms with Crippen molar-refractivity contribution >= 4 is 23.3 Å². The van der Waals surface area contributed by atoms with Gasteiger partial charge in [0, 0.05) is 38.1 Å². The van der Waals surface area contributed by atoms with Crippen molar-refractivity contribution in [2.24, 2.45) is 5.92 Å². The summed E-state index contributed by atoms with van der Waals surface area (Å²) in [6, 6.07) is 7.82. The van der Waals surface area contributed by atoms with Gasteiger partial charge in [-0.3, -0.25) is 4.79 Å². The number of urea groups is 1. The van der Waals surface area contributed by atoms with E-state index in [-0.39, 0.29) is 36.1 Å². The smallest absolute Gasteiger partial charge is 0.319 e. The van der Waals surface area contributed by atoms with Crippen LogP contribution >= 0.6 is 0 Å². The third kappa shape index (κ3) is 6.12. The van der Waals surface area contributed by atoms with Gasteiger partial charge in [-0.15, -0.1) is 0 Å². The fourth-order valence-corrected chi connectivity index (χ4v) is 4.71. The maximum absolute atomic E-state index is 12.7. The van der Waals surface area contributed by atoms with Crippen molar-refractivity contribution in [3.63, 3.8) is 0 Å². The van der Waals surface area contributed by atoms with Crippen LogP contribution in [0, 0.1) is 5.92 Å². The topological polar surface area (TPSA) is 73.9 Å². The number of benzene rings is 1. The maximum Gasteiger partial charge on any atom is 0.319 e. The number of hydrogen-bond donors (Lipinski definition) is 2. The fraction of sp³-hybridized carbons (Fsp3) is 0.667. The first-order valence-electron chi connectivity index (χ1n) is 11.8. The van der Waals surface area contributed by atoms with Crippen LogP contribution in [0.2, 0.25) is 0 Å². The van der Waals surface area contributed by atoms with Gasteiger partial charge in [-0.1, -0.05) is 26.0 Å². The lowest BCUT2D eigenvalue weighted by Gasteiger charge is -2.37. The number of carbonyl (C=O) groups excluding carboxylic acids is 2. The summed E-state index contributed by atoms with van der Waals surface area (Å²) in [5.41, 5.74) is 1.83. The summed E-state index contributed by atoms with van der Waals surface area (Å²) in [6.45, 7) is 11.3. The Kier molecular flexibility index (Phi) is 8.18. The summed E-state index contributed by atoms with van der Waals surface area (Å²) in [6.07, 6.45) is 3.65. The summed E-state index contributed by atoms with van der Waals surface area (Å²) in [7, 11) is 0. The Balaban J connectivity index is 1.54. The minimum atomic E-state index is -0.188. The van der Waals surface area contributed by atoms with Crippen LogP contribution in [-0.2, 0) is 9.53 Å². The molecule has 2 heterocycles. The van der Waals surface area contributed by atoms with E-state index < -0.39 is 0 Å². The van der Waals surface area contributed by atoms with Gasteiger partial charge in [0.2, 0.25) is 5.91 Å². The number of rotatable bonds is 6. The van der Waals surface area contributed by atoms with Gasteiger partial charge in [-0.2, -0.15) is 0 Å². The number of para-hydroxylation sites is 2. The quantitative estimate of drug-likeness (QED) is 0.719. The first-order valence-corrected chi connectivity index (χ1v) is 11.8. The van der Waals surface area contributed by atoms with Gasteiger partial charge in [0.05, 0.1) is 23.6 Å². The van der Waals surface area contributed by atoms with Gasteiger partial charge < -0.3 is 25.2 Å². The van der Waals surface area contributed by atoms with Crippen LogP contribution in [0.1, 0.15) is 53.4 Å². The van der Waals surface area contributed by atoms with Gasteiger partial charge in [0.25, 0.3) is 0 Å². The molecule has 7 heteroatoms. The van der Waals surface area contributed by atoms with E-state index in [4.69, 9.17) is 4.74 Å². The second kappa shape index (κ2) is 10.8. The molecule has 0 radical (unpaired) electrons. The molecule has 1 aromatic rings. The molecule has 31 heavy (non-hydrogen) atoms. The van der Waals surface area contributed by atoms with Crippen LogP contribution < -0.4 is 15.5 Å². The molecule has 3 amide bonds. The highest BCUT2D eigenvalue weighted by Crippen LogP contribution is 2.28. The predicted molar refractivity (Wildman–Crippen MR) is 124 cm³/mol. The highest BCUT2D eigenvalue weighted by molar-refractivity contribution is 5.93. The highest BCUT2D eigenvalue weighted by Gasteiger charge is 2.28. The lowest BCUT2D eigenvalue weighted by Crippen LogP contribution is -2.49.